The molecule has 0 heterocycles. The van der Waals surface area contributed by atoms with Gasteiger partial charge in [-0.1, -0.05) is 24.3 Å². The van der Waals surface area contributed by atoms with E-state index in [1.54, 1.807) is 25.1 Å². The van der Waals surface area contributed by atoms with E-state index in [-0.39, 0.29) is 5.91 Å². The van der Waals surface area contributed by atoms with Gasteiger partial charge in [-0.15, -0.1) is 0 Å². The van der Waals surface area contributed by atoms with Gasteiger partial charge in [0.05, 0.1) is 11.9 Å². The maximum Gasteiger partial charge on any atom is 0.248 e. The Balaban J connectivity index is 2.36. The van der Waals surface area contributed by atoms with Crippen LogP contribution in [0.1, 0.15) is 23.6 Å². The third kappa shape index (κ3) is 4.39. The molecule has 1 amide bonds. The van der Waals surface area contributed by atoms with E-state index in [0.29, 0.717) is 11.4 Å². The molecule has 25 heavy (non-hydrogen) atoms. The molecule has 0 saturated heterocycles. The van der Waals surface area contributed by atoms with Crippen molar-refractivity contribution in [2.45, 2.75) is 33.7 Å². The molecule has 134 valence electrons. The molecule has 0 bridgehead atoms. The molecule has 0 aliphatic heterocycles. The van der Waals surface area contributed by atoms with Crippen LogP contribution in [0.3, 0.4) is 0 Å². The summed E-state index contributed by atoms with van der Waals surface area (Å²) in [6.07, 6.45) is 1.11. The number of hydrogen-bond acceptors (Lipinski definition) is 3. The monoisotopic (exact) mass is 360 g/mol. The zero-order valence-corrected chi connectivity index (χ0v) is 16.0. The van der Waals surface area contributed by atoms with Crippen molar-refractivity contribution in [3.8, 4) is 0 Å². The number of para-hydroxylation sites is 1. The molecule has 5 nitrogen and oxygen atoms in total. The normalized spacial score (nSPS) is 12.5. The van der Waals surface area contributed by atoms with Gasteiger partial charge in [0.25, 0.3) is 0 Å². The van der Waals surface area contributed by atoms with Crippen LogP contribution >= 0.6 is 0 Å². The zero-order valence-electron chi connectivity index (χ0n) is 15.2. The molecule has 2 rings (SSSR count). The van der Waals surface area contributed by atoms with Crippen LogP contribution < -0.4 is 9.62 Å². The number of carbonyl (C=O) groups excluding carboxylic acids is 1. The van der Waals surface area contributed by atoms with Gasteiger partial charge in [-0.05, 0) is 62.6 Å². The van der Waals surface area contributed by atoms with Crippen molar-refractivity contribution in [2.75, 3.05) is 15.9 Å². The van der Waals surface area contributed by atoms with Crippen molar-refractivity contribution in [3.63, 3.8) is 0 Å². The van der Waals surface area contributed by atoms with Crippen LogP contribution in [0.4, 0.5) is 11.4 Å². The van der Waals surface area contributed by atoms with E-state index in [1.807, 2.05) is 45.0 Å². The smallest absolute Gasteiger partial charge is 0.248 e. The van der Waals surface area contributed by atoms with E-state index in [2.05, 4.69) is 5.32 Å². The van der Waals surface area contributed by atoms with Crippen molar-refractivity contribution in [3.05, 3.63) is 59.2 Å². The highest BCUT2D eigenvalue weighted by Gasteiger charge is 2.29. The average Bonchev–Trinajstić information content (AvgIpc) is 2.51. The minimum atomic E-state index is -3.62. The molecule has 2 aromatic carbocycles. The summed E-state index contributed by atoms with van der Waals surface area (Å²) in [5, 5.41) is 2.81. The summed E-state index contributed by atoms with van der Waals surface area (Å²) in [7, 11) is -3.62. The van der Waals surface area contributed by atoms with Crippen molar-refractivity contribution in [1.82, 2.24) is 0 Å². The highest BCUT2D eigenvalue weighted by molar-refractivity contribution is 7.92. The van der Waals surface area contributed by atoms with Gasteiger partial charge in [-0.3, -0.25) is 9.10 Å². The molecule has 1 atom stereocenters. The van der Waals surface area contributed by atoms with Gasteiger partial charge in [-0.25, -0.2) is 8.42 Å². The van der Waals surface area contributed by atoms with Gasteiger partial charge in [-0.2, -0.15) is 0 Å². The van der Waals surface area contributed by atoms with Gasteiger partial charge < -0.3 is 5.32 Å². The second-order valence-electron chi connectivity index (χ2n) is 6.31. The van der Waals surface area contributed by atoms with Crippen molar-refractivity contribution in [1.29, 1.82) is 0 Å². The van der Waals surface area contributed by atoms with Crippen molar-refractivity contribution in [2.24, 2.45) is 0 Å². The second-order valence-corrected chi connectivity index (χ2v) is 8.17. The number of nitrogens with one attached hydrogen (secondary N) is 1. The Hall–Kier alpha value is -2.34. The highest BCUT2D eigenvalue weighted by atomic mass is 32.2. The standard InChI is InChI=1S/C19H24N2O3S/c1-13-10-11-17(12-15(13)3)21(25(5,23)24)16(4)19(22)20-18-9-7-6-8-14(18)2/h6-12,16H,1-5H3,(H,20,22)/t16-/m0/s1. The lowest BCUT2D eigenvalue weighted by molar-refractivity contribution is -0.116. The Bertz CT molecular complexity index is 891. The fourth-order valence-corrected chi connectivity index (χ4v) is 3.79. The van der Waals surface area contributed by atoms with Crippen LogP contribution in [0.15, 0.2) is 42.5 Å². The molecule has 0 saturated carbocycles. The first-order chi connectivity index (χ1) is 11.6. The minimum Gasteiger partial charge on any atom is -0.324 e. The second kappa shape index (κ2) is 7.27. The zero-order chi connectivity index (χ0) is 18.8. The van der Waals surface area contributed by atoms with Gasteiger partial charge >= 0.3 is 0 Å². The van der Waals surface area contributed by atoms with E-state index in [4.69, 9.17) is 0 Å². The summed E-state index contributed by atoms with van der Waals surface area (Å²) in [6.45, 7) is 7.34. The predicted octanol–water partition coefficient (Wildman–Crippen LogP) is 3.41. The molecule has 1 N–H and O–H groups in total. The molecule has 0 aromatic heterocycles. The lowest BCUT2D eigenvalue weighted by Gasteiger charge is -2.29. The molecule has 0 radical (unpaired) electrons. The van der Waals surface area contributed by atoms with E-state index >= 15 is 0 Å². The maximum absolute atomic E-state index is 12.7. The highest BCUT2D eigenvalue weighted by Crippen LogP contribution is 2.24. The lowest BCUT2D eigenvalue weighted by atomic mass is 10.1. The first-order valence-electron chi connectivity index (χ1n) is 8.04. The maximum atomic E-state index is 12.7. The molecule has 2 aromatic rings. The first-order valence-corrected chi connectivity index (χ1v) is 9.89. The van der Waals surface area contributed by atoms with Gasteiger partial charge in [0.2, 0.25) is 15.9 Å². The number of aryl methyl sites for hydroxylation is 3. The van der Waals surface area contributed by atoms with Gasteiger partial charge in [0.15, 0.2) is 0 Å². The van der Waals surface area contributed by atoms with Crippen LogP contribution in [-0.2, 0) is 14.8 Å². The molecule has 0 spiro atoms. The fourth-order valence-electron chi connectivity index (χ4n) is 2.62. The van der Waals surface area contributed by atoms with Crippen LogP contribution in [0.25, 0.3) is 0 Å². The predicted molar refractivity (Wildman–Crippen MR) is 103 cm³/mol. The number of rotatable bonds is 5. The van der Waals surface area contributed by atoms with E-state index in [1.165, 1.54) is 0 Å². The summed E-state index contributed by atoms with van der Waals surface area (Å²) in [6, 6.07) is 11.9. The van der Waals surface area contributed by atoms with Crippen LogP contribution in [0.2, 0.25) is 0 Å². The molecular weight excluding hydrogens is 336 g/mol. The number of carbonyl (C=O) groups is 1. The Morgan fingerprint density at radius 1 is 1.00 bits per heavy atom. The lowest BCUT2D eigenvalue weighted by Crippen LogP contribution is -2.45. The Morgan fingerprint density at radius 2 is 1.64 bits per heavy atom. The number of hydrogen-bond donors (Lipinski definition) is 1. The van der Waals surface area contributed by atoms with E-state index in [0.717, 1.165) is 27.3 Å². The molecule has 0 aliphatic carbocycles. The van der Waals surface area contributed by atoms with Crippen molar-refractivity contribution < 1.29 is 13.2 Å². The van der Waals surface area contributed by atoms with Crippen LogP contribution in [0, 0.1) is 20.8 Å². The Morgan fingerprint density at radius 3 is 2.20 bits per heavy atom. The van der Waals surface area contributed by atoms with Crippen LogP contribution in [0.5, 0.6) is 0 Å². The number of sulfonamides is 1. The van der Waals surface area contributed by atoms with E-state index in [9.17, 15) is 13.2 Å². The third-order valence-electron chi connectivity index (χ3n) is 4.24. The topological polar surface area (TPSA) is 66.5 Å². The molecule has 6 heteroatoms. The SMILES string of the molecule is Cc1ccc(N([C@@H](C)C(=O)Nc2ccccc2C)S(C)(=O)=O)cc1C. The van der Waals surface area contributed by atoms with Gasteiger partial charge in [0.1, 0.15) is 6.04 Å². The van der Waals surface area contributed by atoms with Gasteiger partial charge in [0, 0.05) is 5.69 Å². The first kappa shape index (κ1) is 19.0. The minimum absolute atomic E-state index is 0.377. The molecule has 0 aliphatic rings. The van der Waals surface area contributed by atoms with Crippen molar-refractivity contribution >= 4 is 27.3 Å². The summed E-state index contributed by atoms with van der Waals surface area (Å²) in [5.74, 6) is -0.377. The molecule has 0 unspecified atom stereocenters. The third-order valence-corrected chi connectivity index (χ3v) is 5.48. The number of anilines is 2. The number of amides is 1. The molecule has 0 fully saturated rings. The van der Waals surface area contributed by atoms with Crippen LogP contribution in [-0.4, -0.2) is 26.6 Å². The summed E-state index contributed by atoms with van der Waals surface area (Å²) in [4.78, 5) is 12.7. The molecular formula is C19H24N2O3S. The fraction of sp³-hybridized carbons (Fsp3) is 0.316. The quantitative estimate of drug-likeness (QED) is 0.888. The number of nitrogens with zero attached hydrogens (tertiary/aromatic N) is 1. The summed E-state index contributed by atoms with van der Waals surface area (Å²) < 4.78 is 25.8. The Kier molecular flexibility index (Phi) is 5.52. The summed E-state index contributed by atoms with van der Waals surface area (Å²) >= 11 is 0. The van der Waals surface area contributed by atoms with E-state index < -0.39 is 16.1 Å². The number of benzene rings is 2. The largest absolute Gasteiger partial charge is 0.324 e. The average molecular weight is 360 g/mol. The Labute approximate surface area is 149 Å². The summed E-state index contributed by atoms with van der Waals surface area (Å²) in [5.41, 5.74) is 4.11.